The van der Waals surface area contributed by atoms with Crippen LogP contribution >= 0.6 is 0 Å². The third kappa shape index (κ3) is 5.46. The molecule has 6 nitrogen and oxygen atoms in total. The second-order valence-corrected chi connectivity index (χ2v) is 5.31. The molecule has 0 spiro atoms. The molecule has 0 aliphatic carbocycles. The average molecular weight is 272 g/mol. The van der Waals surface area contributed by atoms with Crippen LogP contribution in [0.1, 0.15) is 41.0 Å². The fourth-order valence-electron chi connectivity index (χ4n) is 1.76. The van der Waals surface area contributed by atoms with E-state index in [1.54, 1.807) is 4.90 Å². The molecule has 0 heterocycles. The third-order valence-corrected chi connectivity index (χ3v) is 3.45. The summed E-state index contributed by atoms with van der Waals surface area (Å²) in [4.78, 5) is 13.8. The first-order valence-corrected chi connectivity index (χ1v) is 6.80. The summed E-state index contributed by atoms with van der Waals surface area (Å²) in [6, 6.07) is -0.219. The highest BCUT2D eigenvalue weighted by molar-refractivity contribution is 5.85. The van der Waals surface area contributed by atoms with E-state index in [2.05, 4.69) is 10.5 Å². The molecular formula is C13H28N4O2. The predicted molar refractivity (Wildman–Crippen MR) is 77.2 cm³/mol. The number of nitrogens with zero attached hydrogens (tertiary/aromatic N) is 2. The number of nitrogens with two attached hydrogens (primary N) is 1. The smallest absolute Gasteiger partial charge is 0.239 e. The van der Waals surface area contributed by atoms with Crippen molar-refractivity contribution in [2.75, 3.05) is 19.6 Å². The van der Waals surface area contributed by atoms with E-state index in [1.165, 1.54) is 0 Å². The Morgan fingerprint density at radius 1 is 1.42 bits per heavy atom. The van der Waals surface area contributed by atoms with Crippen LogP contribution in [-0.4, -0.2) is 47.5 Å². The minimum Gasteiger partial charge on any atom is -0.409 e. The molecule has 0 rings (SSSR count). The predicted octanol–water partition coefficient (Wildman–Crippen LogP) is 0.996. The number of rotatable bonds is 8. The number of carbonyl (C=O) groups is 1. The Balaban J connectivity index is 4.25. The van der Waals surface area contributed by atoms with Gasteiger partial charge in [0.25, 0.3) is 0 Å². The fourth-order valence-corrected chi connectivity index (χ4v) is 1.76. The Kier molecular flexibility index (Phi) is 7.44. The number of hydrogen-bond donors (Lipinski definition) is 3. The van der Waals surface area contributed by atoms with Gasteiger partial charge in [0.1, 0.15) is 5.84 Å². The molecular weight excluding hydrogens is 244 g/mol. The second-order valence-electron chi connectivity index (χ2n) is 5.31. The van der Waals surface area contributed by atoms with E-state index >= 15 is 0 Å². The Hall–Kier alpha value is -1.30. The van der Waals surface area contributed by atoms with Gasteiger partial charge >= 0.3 is 0 Å². The molecule has 6 heteroatoms. The van der Waals surface area contributed by atoms with Crippen molar-refractivity contribution in [1.82, 2.24) is 10.2 Å². The summed E-state index contributed by atoms with van der Waals surface area (Å²) in [5.74, 6) is 0.309. The van der Waals surface area contributed by atoms with Gasteiger partial charge in [-0.3, -0.25) is 4.79 Å². The molecule has 1 amide bonds. The van der Waals surface area contributed by atoms with Crippen LogP contribution in [0.2, 0.25) is 0 Å². The van der Waals surface area contributed by atoms with E-state index in [-0.39, 0.29) is 23.2 Å². The van der Waals surface area contributed by atoms with E-state index in [9.17, 15) is 4.79 Å². The molecule has 0 aliphatic rings. The topological polar surface area (TPSA) is 91.0 Å². The standard InChI is InChI=1S/C13H28N4O2/c1-6-17(7-2)11(18)10(3)15-9-8-13(4,5)12(14)16-19/h10,15,19H,6-9H2,1-5H3,(H2,14,16). The number of hydrogen-bond acceptors (Lipinski definition) is 4. The van der Waals surface area contributed by atoms with Gasteiger partial charge in [-0.05, 0) is 33.7 Å². The monoisotopic (exact) mass is 272 g/mol. The van der Waals surface area contributed by atoms with Crippen LogP contribution in [0.25, 0.3) is 0 Å². The van der Waals surface area contributed by atoms with Gasteiger partial charge in [-0.25, -0.2) is 0 Å². The summed E-state index contributed by atoms with van der Waals surface area (Å²) in [7, 11) is 0. The zero-order valence-electron chi connectivity index (χ0n) is 12.7. The lowest BCUT2D eigenvalue weighted by Gasteiger charge is -2.26. The zero-order chi connectivity index (χ0) is 15.1. The van der Waals surface area contributed by atoms with E-state index in [0.29, 0.717) is 13.0 Å². The second kappa shape index (κ2) is 7.99. The number of amidine groups is 1. The first-order chi connectivity index (χ1) is 8.80. The lowest BCUT2D eigenvalue weighted by Crippen LogP contribution is -2.46. The van der Waals surface area contributed by atoms with Gasteiger partial charge in [-0.15, -0.1) is 0 Å². The molecule has 1 unspecified atom stereocenters. The van der Waals surface area contributed by atoms with Crippen molar-refractivity contribution >= 4 is 11.7 Å². The van der Waals surface area contributed by atoms with Gasteiger partial charge in [0, 0.05) is 18.5 Å². The fraction of sp³-hybridized carbons (Fsp3) is 0.846. The molecule has 0 saturated carbocycles. The Labute approximate surface area is 116 Å². The summed E-state index contributed by atoms with van der Waals surface area (Å²) in [5.41, 5.74) is 5.23. The van der Waals surface area contributed by atoms with Crippen LogP contribution in [0.15, 0.2) is 5.16 Å². The number of likely N-dealkylation sites (N-methyl/N-ethyl adjacent to an activating group) is 1. The summed E-state index contributed by atoms with van der Waals surface area (Å²) in [6.07, 6.45) is 0.693. The molecule has 1 atom stereocenters. The number of oxime groups is 1. The molecule has 0 aromatic heterocycles. The van der Waals surface area contributed by atoms with Crippen molar-refractivity contribution in [2.24, 2.45) is 16.3 Å². The zero-order valence-corrected chi connectivity index (χ0v) is 12.7. The molecule has 0 aromatic carbocycles. The molecule has 0 saturated heterocycles. The van der Waals surface area contributed by atoms with Crippen molar-refractivity contribution in [3.8, 4) is 0 Å². The van der Waals surface area contributed by atoms with Crippen molar-refractivity contribution < 1.29 is 10.0 Å². The highest BCUT2D eigenvalue weighted by Crippen LogP contribution is 2.19. The van der Waals surface area contributed by atoms with Gasteiger partial charge in [-0.1, -0.05) is 19.0 Å². The summed E-state index contributed by atoms with van der Waals surface area (Å²) in [5, 5.41) is 14.9. The van der Waals surface area contributed by atoms with Crippen LogP contribution < -0.4 is 11.1 Å². The first-order valence-electron chi connectivity index (χ1n) is 6.80. The molecule has 112 valence electrons. The van der Waals surface area contributed by atoms with Crippen LogP contribution in [0, 0.1) is 5.41 Å². The van der Waals surface area contributed by atoms with Gasteiger partial charge in [0.05, 0.1) is 6.04 Å². The van der Waals surface area contributed by atoms with E-state index < -0.39 is 0 Å². The molecule has 0 aromatic rings. The number of nitrogens with one attached hydrogen (secondary N) is 1. The van der Waals surface area contributed by atoms with Crippen LogP contribution in [-0.2, 0) is 4.79 Å². The van der Waals surface area contributed by atoms with Gasteiger partial charge in [0.2, 0.25) is 5.91 Å². The van der Waals surface area contributed by atoms with Crippen molar-refractivity contribution in [2.45, 2.75) is 47.1 Å². The van der Waals surface area contributed by atoms with E-state index in [1.807, 2.05) is 34.6 Å². The van der Waals surface area contributed by atoms with E-state index in [4.69, 9.17) is 10.9 Å². The lowest BCUT2D eigenvalue weighted by atomic mass is 9.88. The number of amides is 1. The normalized spacial score (nSPS) is 14.3. The maximum Gasteiger partial charge on any atom is 0.239 e. The average Bonchev–Trinajstić information content (AvgIpc) is 2.38. The lowest BCUT2D eigenvalue weighted by molar-refractivity contribution is -0.132. The maximum atomic E-state index is 12.0. The summed E-state index contributed by atoms with van der Waals surface area (Å²) in [6.45, 7) is 11.7. The Morgan fingerprint density at radius 2 is 1.95 bits per heavy atom. The first kappa shape index (κ1) is 17.7. The van der Waals surface area contributed by atoms with Gasteiger partial charge in [-0.2, -0.15) is 0 Å². The van der Waals surface area contributed by atoms with Gasteiger partial charge in [0.15, 0.2) is 0 Å². The minimum atomic E-state index is -0.389. The molecule has 0 bridgehead atoms. The molecule has 0 fully saturated rings. The Morgan fingerprint density at radius 3 is 2.37 bits per heavy atom. The maximum absolute atomic E-state index is 12.0. The van der Waals surface area contributed by atoms with Crippen LogP contribution in [0.4, 0.5) is 0 Å². The minimum absolute atomic E-state index is 0.103. The van der Waals surface area contributed by atoms with Crippen LogP contribution in [0.5, 0.6) is 0 Å². The molecule has 19 heavy (non-hydrogen) atoms. The summed E-state index contributed by atoms with van der Waals surface area (Å²) >= 11 is 0. The Bertz CT molecular complexity index is 312. The largest absolute Gasteiger partial charge is 0.409 e. The van der Waals surface area contributed by atoms with E-state index in [0.717, 1.165) is 13.1 Å². The van der Waals surface area contributed by atoms with Crippen molar-refractivity contribution in [1.29, 1.82) is 0 Å². The quantitative estimate of drug-likeness (QED) is 0.266. The molecule has 0 aliphatic heterocycles. The van der Waals surface area contributed by atoms with Crippen molar-refractivity contribution in [3.63, 3.8) is 0 Å². The highest BCUT2D eigenvalue weighted by atomic mass is 16.4. The van der Waals surface area contributed by atoms with Crippen molar-refractivity contribution in [3.05, 3.63) is 0 Å². The van der Waals surface area contributed by atoms with Crippen LogP contribution in [0.3, 0.4) is 0 Å². The van der Waals surface area contributed by atoms with Gasteiger partial charge < -0.3 is 21.2 Å². The molecule has 0 radical (unpaired) electrons. The summed E-state index contributed by atoms with van der Waals surface area (Å²) < 4.78 is 0. The SMILES string of the molecule is CCN(CC)C(=O)C(C)NCCC(C)(C)C(N)=NO. The highest BCUT2D eigenvalue weighted by Gasteiger charge is 2.24. The number of carbonyl (C=O) groups excluding carboxylic acids is 1. The molecule has 4 N–H and O–H groups in total. The third-order valence-electron chi connectivity index (χ3n) is 3.45.